The molecule has 1 heterocycles. The first-order valence-electron chi connectivity index (χ1n) is 5.90. The molecule has 7 nitrogen and oxygen atoms in total. The summed E-state index contributed by atoms with van der Waals surface area (Å²) >= 11 is 0. The van der Waals surface area contributed by atoms with Crippen LogP contribution in [0, 0.1) is 0 Å². The first-order valence-corrected chi connectivity index (χ1v) is 7.39. The lowest BCUT2D eigenvalue weighted by Crippen LogP contribution is -2.13. The highest BCUT2D eigenvalue weighted by Gasteiger charge is 2.20. The molecule has 0 spiro atoms. The Labute approximate surface area is 121 Å². The van der Waals surface area contributed by atoms with Crippen LogP contribution in [0.15, 0.2) is 41.4 Å². The summed E-state index contributed by atoms with van der Waals surface area (Å²) in [5, 5.41) is 0. The third kappa shape index (κ3) is 3.16. The number of ether oxygens (including phenoxy) is 2. The van der Waals surface area contributed by atoms with Gasteiger partial charge in [0, 0.05) is 6.20 Å². The van der Waals surface area contributed by atoms with Gasteiger partial charge in [0.25, 0.3) is 10.0 Å². The molecule has 0 bridgehead atoms. The molecule has 0 unspecified atom stereocenters. The molecule has 0 atom stereocenters. The zero-order valence-electron chi connectivity index (χ0n) is 11.4. The Morgan fingerprint density at radius 2 is 1.95 bits per heavy atom. The van der Waals surface area contributed by atoms with Gasteiger partial charge < -0.3 is 14.5 Å². The third-order valence-corrected chi connectivity index (χ3v) is 4.07. The molecule has 0 saturated carbocycles. The average molecular weight is 310 g/mol. The van der Waals surface area contributed by atoms with Crippen molar-refractivity contribution in [2.75, 3.05) is 18.9 Å². The highest BCUT2D eigenvalue weighted by Crippen LogP contribution is 2.26. The molecule has 1 aromatic carbocycles. The number of sulfonamides is 1. The lowest BCUT2D eigenvalue weighted by atomic mass is 10.3. The van der Waals surface area contributed by atoms with E-state index >= 15 is 0 Å². The van der Waals surface area contributed by atoms with Gasteiger partial charge in [0.2, 0.25) is 0 Å². The van der Waals surface area contributed by atoms with Crippen LogP contribution in [0.4, 0.5) is 5.69 Å². The van der Waals surface area contributed by atoms with Gasteiger partial charge in [0.05, 0.1) is 19.9 Å². The fourth-order valence-electron chi connectivity index (χ4n) is 1.69. The third-order valence-electron chi connectivity index (χ3n) is 2.72. The minimum absolute atomic E-state index is 0.0536. The van der Waals surface area contributed by atoms with Gasteiger partial charge in [0.1, 0.15) is 16.3 Å². The summed E-state index contributed by atoms with van der Waals surface area (Å²) in [6, 6.07) is 7.81. The molecule has 112 valence electrons. The van der Waals surface area contributed by atoms with Crippen molar-refractivity contribution in [1.29, 1.82) is 0 Å². The van der Waals surface area contributed by atoms with Crippen LogP contribution < -0.4 is 9.46 Å². The molecule has 0 aliphatic rings. The Balaban J connectivity index is 2.30. The predicted octanol–water partition coefficient (Wildman–Crippen LogP) is 1.61. The molecule has 2 rings (SSSR count). The van der Waals surface area contributed by atoms with E-state index in [-0.39, 0.29) is 10.6 Å². The Kier molecular flexibility index (Phi) is 4.18. The minimum Gasteiger partial charge on any atom is -0.495 e. The van der Waals surface area contributed by atoms with Crippen LogP contribution in [-0.2, 0) is 14.8 Å². The van der Waals surface area contributed by atoms with Crippen LogP contribution in [0.1, 0.15) is 10.5 Å². The van der Waals surface area contributed by atoms with E-state index in [1.54, 1.807) is 24.3 Å². The molecule has 8 heteroatoms. The molecule has 2 aromatic rings. The van der Waals surface area contributed by atoms with Crippen LogP contribution in [0.2, 0.25) is 0 Å². The fourth-order valence-corrected chi connectivity index (χ4v) is 2.75. The molecule has 0 aliphatic carbocycles. The van der Waals surface area contributed by atoms with Crippen molar-refractivity contribution in [3.05, 3.63) is 42.2 Å². The van der Waals surface area contributed by atoms with Crippen molar-refractivity contribution in [3.63, 3.8) is 0 Å². The Morgan fingerprint density at radius 3 is 2.62 bits per heavy atom. The van der Waals surface area contributed by atoms with Crippen LogP contribution >= 0.6 is 0 Å². The van der Waals surface area contributed by atoms with E-state index in [1.165, 1.54) is 26.5 Å². The SMILES string of the molecule is COC(=O)c1cc(S(=O)(=O)Nc2ccccc2OC)c[nH]1. The van der Waals surface area contributed by atoms with Gasteiger partial charge in [0.15, 0.2) is 0 Å². The number of benzene rings is 1. The van der Waals surface area contributed by atoms with Gasteiger partial charge in [-0.1, -0.05) is 12.1 Å². The first-order chi connectivity index (χ1) is 9.97. The Morgan fingerprint density at radius 1 is 1.24 bits per heavy atom. The topological polar surface area (TPSA) is 97.5 Å². The minimum atomic E-state index is -3.84. The number of rotatable bonds is 5. The smallest absolute Gasteiger partial charge is 0.354 e. The first kappa shape index (κ1) is 14.9. The fraction of sp³-hybridized carbons (Fsp3) is 0.154. The second-order valence-corrected chi connectivity index (χ2v) is 5.73. The quantitative estimate of drug-likeness (QED) is 0.818. The van der Waals surface area contributed by atoms with E-state index in [9.17, 15) is 13.2 Å². The monoisotopic (exact) mass is 310 g/mol. The average Bonchev–Trinajstić information content (AvgIpc) is 2.97. The maximum Gasteiger partial charge on any atom is 0.354 e. The number of esters is 1. The zero-order valence-corrected chi connectivity index (χ0v) is 12.2. The lowest BCUT2D eigenvalue weighted by Gasteiger charge is -2.10. The van der Waals surface area contributed by atoms with Crippen LogP contribution in [0.5, 0.6) is 5.75 Å². The number of hydrogen-bond acceptors (Lipinski definition) is 5. The van der Waals surface area contributed by atoms with Crippen molar-refractivity contribution in [2.24, 2.45) is 0 Å². The molecule has 0 saturated heterocycles. The van der Waals surface area contributed by atoms with Crippen molar-refractivity contribution in [1.82, 2.24) is 4.98 Å². The number of carbonyl (C=O) groups excluding carboxylic acids is 1. The van der Waals surface area contributed by atoms with E-state index in [1.807, 2.05) is 0 Å². The van der Waals surface area contributed by atoms with Crippen LogP contribution in [-0.4, -0.2) is 33.6 Å². The number of nitrogens with one attached hydrogen (secondary N) is 2. The number of carbonyl (C=O) groups is 1. The van der Waals surface area contributed by atoms with Crippen LogP contribution in [0.25, 0.3) is 0 Å². The van der Waals surface area contributed by atoms with Crippen molar-refractivity contribution in [3.8, 4) is 5.75 Å². The number of hydrogen-bond donors (Lipinski definition) is 2. The molecule has 0 radical (unpaired) electrons. The number of methoxy groups -OCH3 is 2. The van der Waals surface area contributed by atoms with E-state index in [0.29, 0.717) is 11.4 Å². The van der Waals surface area contributed by atoms with Gasteiger partial charge in [-0.15, -0.1) is 0 Å². The zero-order chi connectivity index (χ0) is 15.5. The molecule has 0 fully saturated rings. The van der Waals surface area contributed by atoms with E-state index < -0.39 is 16.0 Å². The van der Waals surface area contributed by atoms with Gasteiger partial charge in [-0.25, -0.2) is 13.2 Å². The van der Waals surface area contributed by atoms with Crippen LogP contribution in [0.3, 0.4) is 0 Å². The second-order valence-electron chi connectivity index (χ2n) is 4.05. The highest BCUT2D eigenvalue weighted by atomic mass is 32.2. The molecule has 2 N–H and O–H groups in total. The largest absolute Gasteiger partial charge is 0.495 e. The molecular weight excluding hydrogens is 296 g/mol. The van der Waals surface area contributed by atoms with Crippen molar-refractivity contribution >= 4 is 21.7 Å². The number of para-hydroxylation sites is 2. The summed E-state index contributed by atoms with van der Waals surface area (Å²) in [5.41, 5.74) is 0.360. The highest BCUT2D eigenvalue weighted by molar-refractivity contribution is 7.92. The van der Waals surface area contributed by atoms with E-state index in [4.69, 9.17) is 4.74 Å². The summed E-state index contributed by atoms with van der Waals surface area (Å²) in [6.45, 7) is 0. The summed E-state index contributed by atoms with van der Waals surface area (Å²) in [5.74, 6) is -0.251. The van der Waals surface area contributed by atoms with Gasteiger partial charge in [-0.3, -0.25) is 4.72 Å². The molecular formula is C13H14N2O5S. The molecule has 21 heavy (non-hydrogen) atoms. The summed E-state index contributed by atoms with van der Waals surface area (Å²) in [4.78, 5) is 13.8. The van der Waals surface area contributed by atoms with E-state index in [2.05, 4.69) is 14.4 Å². The second kappa shape index (κ2) is 5.88. The maximum absolute atomic E-state index is 12.3. The standard InChI is InChI=1S/C13H14N2O5S/c1-19-12-6-4-3-5-10(12)15-21(17,18)9-7-11(14-8-9)13(16)20-2/h3-8,14-15H,1-2H3. The maximum atomic E-state index is 12.3. The van der Waals surface area contributed by atoms with Gasteiger partial charge >= 0.3 is 5.97 Å². The predicted molar refractivity (Wildman–Crippen MR) is 75.9 cm³/mol. The van der Waals surface area contributed by atoms with Crippen molar-refractivity contribution in [2.45, 2.75) is 4.90 Å². The number of H-pyrrole nitrogens is 1. The lowest BCUT2D eigenvalue weighted by molar-refractivity contribution is 0.0595. The van der Waals surface area contributed by atoms with Crippen molar-refractivity contribution < 1.29 is 22.7 Å². The van der Waals surface area contributed by atoms with E-state index in [0.717, 1.165) is 0 Å². The Hall–Kier alpha value is -2.48. The molecule has 1 aromatic heterocycles. The van der Waals surface area contributed by atoms with Gasteiger partial charge in [-0.2, -0.15) is 0 Å². The molecule has 0 aliphatic heterocycles. The van der Waals surface area contributed by atoms with Gasteiger partial charge in [-0.05, 0) is 18.2 Å². The molecule has 0 amide bonds. The normalized spacial score (nSPS) is 11.0. The number of anilines is 1. The Bertz CT molecular complexity index is 751. The summed E-state index contributed by atoms with van der Waals surface area (Å²) in [6.07, 6.45) is 1.21. The number of aromatic nitrogens is 1. The summed E-state index contributed by atoms with van der Waals surface area (Å²) < 4.78 is 36.5. The summed E-state index contributed by atoms with van der Waals surface area (Å²) in [7, 11) is -1.18. The number of aromatic amines is 1.